The smallest absolute Gasteiger partial charge is 0.285 e. The zero-order chi connectivity index (χ0) is 11.6. The van der Waals surface area contributed by atoms with E-state index in [0.717, 1.165) is 0 Å². The number of aliphatic hydroxyl groups is 5. The standard InChI is InChI=1S/C8H17NO5/c1-4-7(10,11)6(5(2)9-3)8(12,13)14/h4-6,9-14H,1H2,2-3H3. The summed E-state index contributed by atoms with van der Waals surface area (Å²) in [6.45, 7) is 4.57. The predicted octanol–water partition coefficient (Wildman–Crippen LogP) is -2.29. The lowest BCUT2D eigenvalue weighted by molar-refractivity contribution is -0.385. The van der Waals surface area contributed by atoms with Gasteiger partial charge in [-0.25, -0.2) is 0 Å². The number of hydrogen-bond acceptors (Lipinski definition) is 6. The molecule has 0 aliphatic rings. The minimum atomic E-state index is -3.21. The molecule has 6 N–H and O–H groups in total. The third kappa shape index (κ3) is 3.02. The van der Waals surface area contributed by atoms with E-state index in [9.17, 15) is 10.2 Å². The van der Waals surface area contributed by atoms with Crippen molar-refractivity contribution < 1.29 is 25.5 Å². The summed E-state index contributed by atoms with van der Waals surface area (Å²) in [5.41, 5.74) is 0. The van der Waals surface area contributed by atoms with Crippen LogP contribution in [0.1, 0.15) is 6.92 Å². The highest BCUT2D eigenvalue weighted by molar-refractivity contribution is 4.98. The van der Waals surface area contributed by atoms with Crippen molar-refractivity contribution in [3.05, 3.63) is 12.7 Å². The molecule has 0 saturated heterocycles. The van der Waals surface area contributed by atoms with Crippen LogP contribution in [0.15, 0.2) is 12.7 Å². The molecule has 0 bridgehead atoms. The Hall–Kier alpha value is -0.500. The van der Waals surface area contributed by atoms with Crippen molar-refractivity contribution in [1.29, 1.82) is 0 Å². The van der Waals surface area contributed by atoms with Gasteiger partial charge in [-0.1, -0.05) is 6.58 Å². The summed E-state index contributed by atoms with van der Waals surface area (Å²) in [7, 11) is 1.47. The Morgan fingerprint density at radius 1 is 1.21 bits per heavy atom. The Morgan fingerprint density at radius 3 is 1.86 bits per heavy atom. The fourth-order valence-electron chi connectivity index (χ4n) is 1.28. The molecule has 0 aliphatic carbocycles. The Balaban J connectivity index is 5.01. The second kappa shape index (κ2) is 4.35. The lowest BCUT2D eigenvalue weighted by Crippen LogP contribution is -2.58. The maximum Gasteiger partial charge on any atom is 0.285 e. The van der Waals surface area contributed by atoms with Gasteiger partial charge in [0, 0.05) is 6.04 Å². The van der Waals surface area contributed by atoms with Crippen LogP contribution in [-0.2, 0) is 0 Å². The fourth-order valence-corrected chi connectivity index (χ4v) is 1.28. The molecule has 0 aromatic heterocycles. The maximum atomic E-state index is 9.34. The minimum Gasteiger partial charge on any atom is -0.362 e. The van der Waals surface area contributed by atoms with Crippen LogP contribution in [0, 0.1) is 5.92 Å². The van der Waals surface area contributed by atoms with E-state index in [2.05, 4.69) is 11.9 Å². The van der Waals surface area contributed by atoms with Crippen LogP contribution in [0.25, 0.3) is 0 Å². The first-order chi connectivity index (χ1) is 6.16. The average molecular weight is 207 g/mol. The van der Waals surface area contributed by atoms with Gasteiger partial charge in [0.1, 0.15) is 5.92 Å². The summed E-state index contributed by atoms with van der Waals surface area (Å²) < 4.78 is 0. The van der Waals surface area contributed by atoms with Crippen LogP contribution in [0.5, 0.6) is 0 Å². The normalized spacial score (nSPS) is 17.6. The van der Waals surface area contributed by atoms with Gasteiger partial charge < -0.3 is 30.8 Å². The monoisotopic (exact) mass is 207 g/mol. The van der Waals surface area contributed by atoms with E-state index in [1.165, 1.54) is 14.0 Å². The van der Waals surface area contributed by atoms with E-state index < -0.39 is 23.7 Å². The third-order valence-electron chi connectivity index (χ3n) is 2.13. The molecule has 84 valence electrons. The van der Waals surface area contributed by atoms with Crippen LogP contribution in [0.2, 0.25) is 0 Å². The molecule has 0 radical (unpaired) electrons. The number of rotatable bonds is 5. The molecule has 2 unspecified atom stereocenters. The Bertz CT molecular complexity index is 198. The Kier molecular flexibility index (Phi) is 4.19. The lowest BCUT2D eigenvalue weighted by Gasteiger charge is -2.37. The van der Waals surface area contributed by atoms with Crippen molar-refractivity contribution in [3.63, 3.8) is 0 Å². The molecule has 0 saturated carbocycles. The molecule has 0 spiro atoms. The van der Waals surface area contributed by atoms with Crippen molar-refractivity contribution in [2.45, 2.75) is 24.7 Å². The molecule has 0 heterocycles. The van der Waals surface area contributed by atoms with Gasteiger partial charge in [0.05, 0.1) is 0 Å². The highest BCUT2D eigenvalue weighted by Crippen LogP contribution is 2.27. The Labute approximate surface area is 82.1 Å². The van der Waals surface area contributed by atoms with E-state index in [1.807, 2.05) is 0 Å². The molecule has 14 heavy (non-hydrogen) atoms. The fraction of sp³-hybridized carbons (Fsp3) is 0.750. The molecule has 6 nitrogen and oxygen atoms in total. The van der Waals surface area contributed by atoms with Crippen LogP contribution >= 0.6 is 0 Å². The summed E-state index contributed by atoms with van der Waals surface area (Å²) in [6, 6.07) is -0.747. The molecular weight excluding hydrogens is 190 g/mol. The van der Waals surface area contributed by atoms with Gasteiger partial charge in [-0.05, 0) is 20.0 Å². The quantitative estimate of drug-likeness (QED) is 0.223. The average Bonchev–Trinajstić information content (AvgIpc) is 2.01. The summed E-state index contributed by atoms with van der Waals surface area (Å²) in [6.07, 6.45) is 0.711. The molecule has 0 rings (SSSR count). The summed E-state index contributed by atoms with van der Waals surface area (Å²) in [4.78, 5) is 0. The topological polar surface area (TPSA) is 113 Å². The van der Waals surface area contributed by atoms with Gasteiger partial charge >= 0.3 is 0 Å². The van der Waals surface area contributed by atoms with Crippen LogP contribution in [0.4, 0.5) is 0 Å². The summed E-state index contributed by atoms with van der Waals surface area (Å²) >= 11 is 0. The second-order valence-electron chi connectivity index (χ2n) is 3.23. The van der Waals surface area contributed by atoms with Gasteiger partial charge in [-0.3, -0.25) is 0 Å². The van der Waals surface area contributed by atoms with Crippen molar-refractivity contribution >= 4 is 0 Å². The second-order valence-corrected chi connectivity index (χ2v) is 3.23. The third-order valence-corrected chi connectivity index (χ3v) is 2.13. The van der Waals surface area contributed by atoms with E-state index in [0.29, 0.717) is 6.08 Å². The molecule has 6 heteroatoms. The highest BCUT2D eigenvalue weighted by Gasteiger charge is 2.48. The van der Waals surface area contributed by atoms with Crippen molar-refractivity contribution in [1.82, 2.24) is 5.32 Å². The van der Waals surface area contributed by atoms with E-state index in [4.69, 9.17) is 15.3 Å². The largest absolute Gasteiger partial charge is 0.362 e. The molecule has 2 atom stereocenters. The van der Waals surface area contributed by atoms with Gasteiger partial charge in [-0.15, -0.1) is 0 Å². The summed E-state index contributed by atoms with van der Waals surface area (Å²) in [5, 5.41) is 48.1. The van der Waals surface area contributed by atoms with Gasteiger partial charge in [0.2, 0.25) is 0 Å². The van der Waals surface area contributed by atoms with Crippen molar-refractivity contribution in [3.8, 4) is 0 Å². The molecule has 0 amide bonds. The van der Waals surface area contributed by atoms with Crippen LogP contribution < -0.4 is 5.32 Å². The lowest BCUT2D eigenvalue weighted by atomic mass is 9.89. The van der Waals surface area contributed by atoms with Crippen LogP contribution in [0.3, 0.4) is 0 Å². The van der Waals surface area contributed by atoms with Gasteiger partial charge in [0.15, 0.2) is 5.79 Å². The molecule has 0 aromatic carbocycles. The van der Waals surface area contributed by atoms with E-state index in [-0.39, 0.29) is 0 Å². The van der Waals surface area contributed by atoms with Gasteiger partial charge in [0.25, 0.3) is 5.97 Å². The molecule has 0 aromatic rings. The summed E-state index contributed by atoms with van der Waals surface area (Å²) in [5.74, 6) is -7.43. The van der Waals surface area contributed by atoms with E-state index in [1.54, 1.807) is 0 Å². The first-order valence-electron chi connectivity index (χ1n) is 4.09. The molecule has 0 fully saturated rings. The number of hydrogen-bond donors (Lipinski definition) is 6. The SMILES string of the molecule is C=CC(O)(O)C(C(C)NC)C(O)(O)O. The zero-order valence-corrected chi connectivity index (χ0v) is 8.18. The molecule has 0 aliphatic heterocycles. The number of nitrogens with one attached hydrogen (secondary N) is 1. The first-order valence-corrected chi connectivity index (χ1v) is 4.09. The van der Waals surface area contributed by atoms with E-state index >= 15 is 0 Å². The van der Waals surface area contributed by atoms with Crippen molar-refractivity contribution in [2.24, 2.45) is 5.92 Å². The minimum absolute atomic E-state index is 0.711. The first kappa shape index (κ1) is 13.5. The van der Waals surface area contributed by atoms with Crippen LogP contribution in [-0.4, -0.2) is 50.4 Å². The maximum absolute atomic E-state index is 9.34. The van der Waals surface area contributed by atoms with Gasteiger partial charge in [-0.2, -0.15) is 0 Å². The molecular formula is C8H17NO5. The highest BCUT2D eigenvalue weighted by atomic mass is 16.7. The zero-order valence-electron chi connectivity index (χ0n) is 8.18. The Morgan fingerprint density at radius 2 is 1.64 bits per heavy atom. The van der Waals surface area contributed by atoms with Crippen molar-refractivity contribution in [2.75, 3.05) is 7.05 Å². The predicted molar refractivity (Wildman–Crippen MR) is 48.8 cm³/mol.